The fourth-order valence-electron chi connectivity index (χ4n) is 6.90. The Hall–Kier alpha value is -1.99. The smallest absolute Gasteiger partial charge is 0.249 e. The van der Waals surface area contributed by atoms with Crippen LogP contribution in [0.4, 0.5) is 0 Å². The first-order chi connectivity index (χ1) is 27.5. The minimum absolute atomic E-state index is 0.350. The summed E-state index contributed by atoms with van der Waals surface area (Å²) < 4.78 is 0. The number of hydrogen-bond donors (Lipinski definition) is 5. The monoisotopic (exact) mass is 786 g/mol. The van der Waals surface area contributed by atoms with E-state index in [-0.39, 0.29) is 0 Å². The van der Waals surface area contributed by atoms with Crippen LogP contribution in [0.15, 0.2) is 60.8 Å². The van der Waals surface area contributed by atoms with Crippen LogP contribution in [0.25, 0.3) is 0 Å². The second kappa shape index (κ2) is 44.1. The van der Waals surface area contributed by atoms with E-state index in [1.807, 2.05) is 0 Å². The van der Waals surface area contributed by atoms with Gasteiger partial charge in [0.05, 0.1) is 18.8 Å². The average molecular weight is 786 g/mol. The molecule has 56 heavy (non-hydrogen) atoms. The fourth-order valence-corrected chi connectivity index (χ4v) is 6.90. The summed E-state index contributed by atoms with van der Waals surface area (Å²) in [5, 5.41) is 43.7. The van der Waals surface area contributed by atoms with Crippen molar-refractivity contribution < 1.29 is 25.2 Å². The van der Waals surface area contributed by atoms with Gasteiger partial charge in [0.1, 0.15) is 12.2 Å². The average Bonchev–Trinajstić information content (AvgIpc) is 3.20. The normalized spacial score (nSPS) is 14.6. The Morgan fingerprint density at radius 1 is 0.446 bits per heavy atom. The van der Waals surface area contributed by atoms with E-state index in [9.17, 15) is 25.2 Å². The van der Waals surface area contributed by atoms with E-state index in [2.05, 4.69) is 79.9 Å². The molecule has 0 aromatic rings. The molecule has 0 aromatic carbocycles. The summed E-state index contributed by atoms with van der Waals surface area (Å²) in [7, 11) is 0. The van der Waals surface area contributed by atoms with Crippen LogP contribution in [0, 0.1) is 0 Å². The van der Waals surface area contributed by atoms with Crippen molar-refractivity contribution in [3.63, 3.8) is 0 Å². The van der Waals surface area contributed by atoms with Gasteiger partial charge in [0.2, 0.25) is 5.91 Å². The predicted octanol–water partition coefficient (Wildman–Crippen LogP) is 12.9. The largest absolute Gasteiger partial charge is 0.394 e. The summed E-state index contributed by atoms with van der Waals surface area (Å²) >= 11 is 0. The quantitative estimate of drug-likeness (QED) is 0.0240. The highest BCUT2D eigenvalue weighted by atomic mass is 16.3. The lowest BCUT2D eigenvalue weighted by Crippen LogP contribution is -2.53. The van der Waals surface area contributed by atoms with Gasteiger partial charge < -0.3 is 25.7 Å². The van der Waals surface area contributed by atoms with Crippen molar-refractivity contribution >= 4 is 5.91 Å². The molecule has 0 aliphatic rings. The Morgan fingerprint density at radius 3 is 1.27 bits per heavy atom. The summed E-state index contributed by atoms with van der Waals surface area (Å²) in [6, 6.07) is -1.02. The van der Waals surface area contributed by atoms with Gasteiger partial charge >= 0.3 is 0 Å². The molecule has 0 aliphatic heterocycles. The molecule has 0 aromatic heterocycles. The van der Waals surface area contributed by atoms with E-state index in [4.69, 9.17) is 0 Å². The third-order valence-corrected chi connectivity index (χ3v) is 10.7. The molecule has 0 saturated carbocycles. The minimum Gasteiger partial charge on any atom is -0.394 e. The number of carbonyl (C=O) groups excluding carboxylic acids is 1. The van der Waals surface area contributed by atoms with Gasteiger partial charge in [-0.25, -0.2) is 0 Å². The van der Waals surface area contributed by atoms with Gasteiger partial charge in [-0.15, -0.1) is 0 Å². The van der Waals surface area contributed by atoms with Crippen molar-refractivity contribution in [3.8, 4) is 0 Å². The molecule has 326 valence electrons. The molecule has 0 bridgehead atoms. The van der Waals surface area contributed by atoms with Gasteiger partial charge in [-0.2, -0.15) is 0 Å². The number of allylic oxidation sites excluding steroid dienone is 10. The number of amides is 1. The summed E-state index contributed by atoms with van der Waals surface area (Å²) in [4.78, 5) is 12.5. The number of hydrogen-bond acceptors (Lipinski definition) is 5. The van der Waals surface area contributed by atoms with Crippen molar-refractivity contribution in [2.24, 2.45) is 0 Å². The lowest BCUT2D eigenvalue weighted by atomic mass is 10.00. The van der Waals surface area contributed by atoms with Crippen molar-refractivity contribution in [3.05, 3.63) is 60.8 Å². The lowest BCUT2D eigenvalue weighted by Gasteiger charge is -2.27. The van der Waals surface area contributed by atoms with Crippen LogP contribution in [0.1, 0.15) is 219 Å². The van der Waals surface area contributed by atoms with Crippen LogP contribution >= 0.6 is 0 Å². The van der Waals surface area contributed by atoms with Gasteiger partial charge in [0.25, 0.3) is 0 Å². The first-order valence-electron chi connectivity index (χ1n) is 23.7. The summed E-state index contributed by atoms with van der Waals surface area (Å²) in [5.41, 5.74) is 0. The first-order valence-corrected chi connectivity index (χ1v) is 23.7. The molecule has 5 N–H and O–H groups in total. The fraction of sp³-hybridized carbons (Fsp3) is 0.780. The van der Waals surface area contributed by atoms with E-state index in [1.54, 1.807) is 0 Å². The molecule has 0 fully saturated rings. The number of aliphatic hydroxyl groups excluding tert-OH is 4. The van der Waals surface area contributed by atoms with E-state index < -0.39 is 36.9 Å². The Labute approximate surface area is 346 Å². The van der Waals surface area contributed by atoms with Gasteiger partial charge in [-0.1, -0.05) is 190 Å². The van der Waals surface area contributed by atoms with Crippen LogP contribution in [-0.2, 0) is 4.79 Å². The summed E-state index contributed by atoms with van der Waals surface area (Å²) in [5.74, 6) is -0.606. The second-order valence-corrected chi connectivity index (χ2v) is 16.1. The number of carbonyl (C=O) groups is 1. The molecule has 6 heteroatoms. The molecule has 4 unspecified atom stereocenters. The molecule has 0 aliphatic carbocycles. The van der Waals surface area contributed by atoms with Crippen molar-refractivity contribution in [2.45, 2.75) is 244 Å². The molecular formula is C50H91NO5. The van der Waals surface area contributed by atoms with E-state index in [1.165, 1.54) is 128 Å². The van der Waals surface area contributed by atoms with Gasteiger partial charge in [-0.05, 0) is 89.9 Å². The molecule has 6 nitrogen and oxygen atoms in total. The molecule has 4 atom stereocenters. The molecule has 1 amide bonds. The number of rotatable bonds is 42. The zero-order chi connectivity index (χ0) is 41.0. The van der Waals surface area contributed by atoms with Crippen LogP contribution in [0.3, 0.4) is 0 Å². The lowest BCUT2D eigenvalue weighted by molar-refractivity contribution is -0.132. The zero-order valence-electron chi connectivity index (χ0n) is 36.6. The van der Waals surface area contributed by atoms with E-state index in [0.717, 1.165) is 57.8 Å². The molecule has 0 radical (unpaired) electrons. The molecule has 0 heterocycles. The Balaban J connectivity index is 3.82. The predicted molar refractivity (Wildman–Crippen MR) is 242 cm³/mol. The SMILES string of the molecule is CCCCC/C=C\C=C/CCCCCCCCCCCC(O)C(=O)NC(CO)C(O)C(O)CCC/C=C/CC/C=C/CC/C=C/CCCCCCCCCCC. The highest BCUT2D eigenvalue weighted by molar-refractivity contribution is 5.80. The van der Waals surface area contributed by atoms with Crippen LogP contribution in [-0.4, -0.2) is 57.3 Å². The maximum atomic E-state index is 12.5. The minimum atomic E-state index is -1.30. The summed E-state index contributed by atoms with van der Waals surface area (Å²) in [6.45, 7) is 4.00. The standard InChI is InChI=1S/C50H91NO5/c1-3-5-7-9-11-13-15-17-19-21-23-24-25-26-28-29-31-33-35-37-39-41-43-47(53)49(55)46(45-52)51-50(56)48(54)44-42-40-38-36-34-32-30-27-22-20-18-16-14-12-10-8-6-4-2/h12,14,16,18,23-24,28-29,35,37,46-49,52-55H,3-11,13,15,17,19-22,25-27,30-34,36,38-45H2,1-2H3,(H,51,56)/b14-12-,18-16-,24-23+,29-28+,37-35+. The first kappa shape index (κ1) is 54.0. The molecular weight excluding hydrogens is 695 g/mol. The number of aliphatic hydroxyl groups is 4. The maximum absolute atomic E-state index is 12.5. The second-order valence-electron chi connectivity index (χ2n) is 16.1. The Morgan fingerprint density at radius 2 is 0.804 bits per heavy atom. The van der Waals surface area contributed by atoms with Gasteiger partial charge in [-0.3, -0.25) is 4.79 Å². The van der Waals surface area contributed by atoms with Gasteiger partial charge in [0, 0.05) is 0 Å². The van der Waals surface area contributed by atoms with E-state index >= 15 is 0 Å². The van der Waals surface area contributed by atoms with Crippen molar-refractivity contribution in [2.75, 3.05) is 6.61 Å². The van der Waals surface area contributed by atoms with Crippen molar-refractivity contribution in [1.82, 2.24) is 5.32 Å². The molecule has 0 spiro atoms. The topological polar surface area (TPSA) is 110 Å². The third-order valence-electron chi connectivity index (χ3n) is 10.7. The number of unbranched alkanes of at least 4 members (excludes halogenated alkanes) is 24. The third kappa shape index (κ3) is 37.6. The Bertz CT molecular complexity index is 972. The van der Waals surface area contributed by atoms with E-state index in [0.29, 0.717) is 19.3 Å². The van der Waals surface area contributed by atoms with Crippen molar-refractivity contribution in [1.29, 1.82) is 0 Å². The summed E-state index contributed by atoms with van der Waals surface area (Å²) in [6.07, 6.45) is 55.4. The number of nitrogens with one attached hydrogen (secondary N) is 1. The molecule has 0 rings (SSSR count). The van der Waals surface area contributed by atoms with Crippen LogP contribution in [0.2, 0.25) is 0 Å². The zero-order valence-corrected chi connectivity index (χ0v) is 36.6. The highest BCUT2D eigenvalue weighted by Gasteiger charge is 2.28. The van der Waals surface area contributed by atoms with Crippen LogP contribution < -0.4 is 5.32 Å². The highest BCUT2D eigenvalue weighted by Crippen LogP contribution is 2.15. The maximum Gasteiger partial charge on any atom is 0.249 e. The Kier molecular flexibility index (Phi) is 42.6. The molecule has 0 saturated heterocycles. The van der Waals surface area contributed by atoms with Gasteiger partial charge in [0.15, 0.2) is 0 Å². The van der Waals surface area contributed by atoms with Crippen LogP contribution in [0.5, 0.6) is 0 Å².